The predicted octanol–water partition coefficient (Wildman–Crippen LogP) is 2.47. The van der Waals surface area contributed by atoms with E-state index in [9.17, 15) is 13.2 Å². The van der Waals surface area contributed by atoms with E-state index in [1.165, 1.54) is 18.9 Å². The zero-order valence-corrected chi connectivity index (χ0v) is 8.98. The first-order valence-corrected chi connectivity index (χ1v) is 5.65. The summed E-state index contributed by atoms with van der Waals surface area (Å²) in [6, 6.07) is 1.31. The van der Waals surface area contributed by atoms with Crippen LogP contribution in [0.15, 0.2) is 0 Å². The highest BCUT2D eigenvalue weighted by Crippen LogP contribution is 2.60. The molecule has 0 spiro atoms. The van der Waals surface area contributed by atoms with Crippen molar-refractivity contribution in [1.82, 2.24) is 5.32 Å². The lowest BCUT2D eigenvalue weighted by atomic mass is 10.0. The lowest BCUT2D eigenvalue weighted by Crippen LogP contribution is -2.35. The van der Waals surface area contributed by atoms with Crippen molar-refractivity contribution in [2.24, 2.45) is 17.3 Å². The molecule has 90 valence electrons. The van der Waals surface area contributed by atoms with Gasteiger partial charge in [-0.1, -0.05) is 0 Å². The van der Waals surface area contributed by atoms with Crippen LogP contribution in [0, 0.1) is 28.6 Å². The second-order valence-electron chi connectivity index (χ2n) is 4.99. The average molecular weight is 232 g/mol. The van der Waals surface area contributed by atoms with E-state index in [1.54, 1.807) is 0 Å². The number of nitrogens with zero attached hydrogens (tertiary/aromatic N) is 1. The average Bonchev–Trinajstić information content (AvgIpc) is 2.97. The van der Waals surface area contributed by atoms with Gasteiger partial charge in [0, 0.05) is 13.1 Å². The van der Waals surface area contributed by atoms with Gasteiger partial charge in [-0.15, -0.1) is 0 Å². The zero-order chi connectivity index (χ0) is 11.8. The van der Waals surface area contributed by atoms with Gasteiger partial charge < -0.3 is 5.32 Å². The van der Waals surface area contributed by atoms with Gasteiger partial charge in [0.15, 0.2) is 5.92 Å². The number of halogens is 3. The molecule has 5 heteroatoms. The monoisotopic (exact) mass is 232 g/mol. The van der Waals surface area contributed by atoms with Crippen molar-refractivity contribution in [3.8, 4) is 6.07 Å². The van der Waals surface area contributed by atoms with E-state index in [0.29, 0.717) is 6.54 Å². The molecule has 2 aliphatic carbocycles. The van der Waals surface area contributed by atoms with Gasteiger partial charge in [0.1, 0.15) is 0 Å². The fourth-order valence-electron chi connectivity index (χ4n) is 2.29. The molecule has 0 aromatic carbocycles. The maximum absolute atomic E-state index is 12.3. The Kier molecular flexibility index (Phi) is 2.87. The molecular formula is C11H15F3N2. The van der Waals surface area contributed by atoms with Crippen molar-refractivity contribution in [2.45, 2.75) is 31.9 Å². The first kappa shape index (κ1) is 11.7. The van der Waals surface area contributed by atoms with E-state index < -0.39 is 12.1 Å². The maximum atomic E-state index is 12.3. The van der Waals surface area contributed by atoms with Crippen LogP contribution >= 0.6 is 0 Å². The molecule has 2 rings (SSSR count). The Hall–Kier alpha value is -0.760. The smallest absolute Gasteiger partial charge is 0.315 e. The molecule has 0 aliphatic heterocycles. The number of rotatable bonds is 5. The van der Waals surface area contributed by atoms with Crippen LogP contribution in [0.5, 0.6) is 0 Å². The van der Waals surface area contributed by atoms with Crippen molar-refractivity contribution in [3.63, 3.8) is 0 Å². The second-order valence-corrected chi connectivity index (χ2v) is 4.99. The molecule has 0 aromatic heterocycles. The first-order valence-electron chi connectivity index (χ1n) is 5.65. The maximum Gasteiger partial charge on any atom is 0.405 e. The summed E-state index contributed by atoms with van der Waals surface area (Å²) in [4.78, 5) is 0. The Morgan fingerprint density at radius 2 is 2.00 bits per heavy atom. The van der Waals surface area contributed by atoms with E-state index in [4.69, 9.17) is 5.26 Å². The summed E-state index contributed by atoms with van der Waals surface area (Å²) >= 11 is 0. The minimum atomic E-state index is -4.40. The van der Waals surface area contributed by atoms with Crippen LogP contribution < -0.4 is 5.32 Å². The largest absolute Gasteiger partial charge is 0.405 e. The van der Waals surface area contributed by atoms with Gasteiger partial charge >= 0.3 is 6.18 Å². The third-order valence-corrected chi connectivity index (χ3v) is 3.71. The molecule has 1 N–H and O–H groups in total. The lowest BCUT2D eigenvalue weighted by Gasteiger charge is -2.18. The van der Waals surface area contributed by atoms with Crippen molar-refractivity contribution < 1.29 is 13.2 Å². The van der Waals surface area contributed by atoms with E-state index in [1.807, 2.05) is 0 Å². The molecule has 1 atom stereocenters. The number of nitriles is 1. The van der Waals surface area contributed by atoms with Crippen LogP contribution in [0.2, 0.25) is 0 Å². The van der Waals surface area contributed by atoms with Crippen molar-refractivity contribution in [2.75, 3.05) is 13.1 Å². The number of hydrogen-bond donors (Lipinski definition) is 1. The van der Waals surface area contributed by atoms with Crippen LogP contribution in [0.3, 0.4) is 0 Å². The van der Waals surface area contributed by atoms with Crippen molar-refractivity contribution >= 4 is 0 Å². The van der Waals surface area contributed by atoms with Gasteiger partial charge in [-0.3, -0.25) is 0 Å². The molecule has 2 aliphatic rings. The number of nitrogens with one attached hydrogen (secondary N) is 1. The van der Waals surface area contributed by atoms with Crippen LogP contribution in [-0.4, -0.2) is 19.3 Å². The molecule has 2 fully saturated rings. The SMILES string of the molecule is N#CC(CNCC1(C2CC2)CC1)C(F)(F)F. The van der Waals surface area contributed by atoms with Gasteiger partial charge in [0.05, 0.1) is 6.07 Å². The quantitative estimate of drug-likeness (QED) is 0.790. The standard InChI is InChI=1S/C11H15F3N2/c12-11(13,14)9(5-15)6-16-7-10(3-4-10)8-1-2-8/h8-9,16H,1-4,6-7H2. The molecule has 0 saturated heterocycles. The summed E-state index contributed by atoms with van der Waals surface area (Å²) in [6.07, 6.45) is 0.311. The summed E-state index contributed by atoms with van der Waals surface area (Å²) in [5.74, 6) is -1.14. The van der Waals surface area contributed by atoms with Crippen LogP contribution in [-0.2, 0) is 0 Å². The minimum absolute atomic E-state index is 0.269. The van der Waals surface area contributed by atoms with E-state index in [-0.39, 0.29) is 12.0 Å². The molecule has 0 radical (unpaired) electrons. The lowest BCUT2D eigenvalue weighted by molar-refractivity contribution is -0.157. The van der Waals surface area contributed by atoms with E-state index in [2.05, 4.69) is 5.32 Å². The summed E-state index contributed by atoms with van der Waals surface area (Å²) in [7, 11) is 0. The topological polar surface area (TPSA) is 35.8 Å². The molecular weight excluding hydrogens is 217 g/mol. The molecule has 2 nitrogen and oxygen atoms in total. The summed E-state index contributed by atoms with van der Waals surface area (Å²) in [5.41, 5.74) is 0.283. The molecule has 0 aromatic rings. The fourth-order valence-corrected chi connectivity index (χ4v) is 2.29. The fraction of sp³-hybridized carbons (Fsp3) is 0.909. The molecule has 0 bridgehead atoms. The highest BCUT2D eigenvalue weighted by atomic mass is 19.4. The third-order valence-electron chi connectivity index (χ3n) is 3.71. The minimum Gasteiger partial charge on any atom is -0.315 e. The normalized spacial score (nSPS) is 24.9. The van der Waals surface area contributed by atoms with E-state index >= 15 is 0 Å². The van der Waals surface area contributed by atoms with Gasteiger partial charge in [-0.25, -0.2) is 0 Å². The highest BCUT2D eigenvalue weighted by Gasteiger charge is 2.53. The number of hydrogen-bond acceptors (Lipinski definition) is 2. The third kappa shape index (κ3) is 2.49. The Bertz CT molecular complexity index is 297. The Balaban J connectivity index is 1.73. The van der Waals surface area contributed by atoms with Crippen molar-refractivity contribution in [3.05, 3.63) is 0 Å². The molecule has 0 heterocycles. The van der Waals surface area contributed by atoms with Gasteiger partial charge in [0.25, 0.3) is 0 Å². The summed E-state index contributed by atoms with van der Waals surface area (Å²) in [6.45, 7) is 0.375. The second kappa shape index (κ2) is 3.92. The first-order chi connectivity index (χ1) is 7.48. The van der Waals surface area contributed by atoms with E-state index in [0.717, 1.165) is 18.8 Å². The Morgan fingerprint density at radius 3 is 2.38 bits per heavy atom. The zero-order valence-electron chi connectivity index (χ0n) is 8.98. The molecule has 2 saturated carbocycles. The van der Waals surface area contributed by atoms with Crippen LogP contribution in [0.25, 0.3) is 0 Å². The molecule has 16 heavy (non-hydrogen) atoms. The summed E-state index contributed by atoms with van der Waals surface area (Å²) in [5, 5.41) is 11.2. The Morgan fingerprint density at radius 1 is 1.38 bits per heavy atom. The highest BCUT2D eigenvalue weighted by molar-refractivity contribution is 5.05. The number of alkyl halides is 3. The van der Waals surface area contributed by atoms with Crippen LogP contribution in [0.4, 0.5) is 13.2 Å². The van der Waals surface area contributed by atoms with Gasteiger partial charge in [-0.2, -0.15) is 18.4 Å². The Labute approximate surface area is 92.8 Å². The van der Waals surface area contributed by atoms with Gasteiger partial charge in [0.2, 0.25) is 0 Å². The summed E-state index contributed by atoms with van der Waals surface area (Å²) < 4.78 is 36.8. The molecule has 0 amide bonds. The van der Waals surface area contributed by atoms with Crippen LogP contribution in [0.1, 0.15) is 25.7 Å². The van der Waals surface area contributed by atoms with Gasteiger partial charge in [-0.05, 0) is 37.0 Å². The van der Waals surface area contributed by atoms with Crippen molar-refractivity contribution in [1.29, 1.82) is 5.26 Å². The molecule has 1 unspecified atom stereocenters. The predicted molar refractivity (Wildman–Crippen MR) is 52.4 cm³/mol.